The molecule has 5 nitrogen and oxygen atoms in total. The lowest BCUT2D eigenvalue weighted by molar-refractivity contribution is 0.375. The molecule has 5 N–H and O–H groups in total. The number of rotatable bonds is 2. The smallest absolute Gasteiger partial charge is 0.325 e. The molecule has 0 atom stereocenters. The summed E-state index contributed by atoms with van der Waals surface area (Å²) >= 11 is 1.35. The highest BCUT2D eigenvalue weighted by Crippen LogP contribution is 2.32. The fourth-order valence-corrected chi connectivity index (χ4v) is 0.467. The summed E-state index contributed by atoms with van der Waals surface area (Å²) in [4.78, 5) is 15.9. The molecule has 0 aliphatic heterocycles. The van der Waals surface area contributed by atoms with Crippen LogP contribution < -0.4 is 5.73 Å². The van der Waals surface area contributed by atoms with E-state index in [1.54, 1.807) is 0 Å². The van der Waals surface area contributed by atoms with Gasteiger partial charge in [-0.25, -0.2) is 0 Å². The first kappa shape index (κ1) is 14.5. The van der Waals surface area contributed by atoms with Crippen molar-refractivity contribution in [2.24, 2.45) is 5.73 Å². The van der Waals surface area contributed by atoms with Gasteiger partial charge in [0.1, 0.15) is 0 Å². The first-order chi connectivity index (χ1) is 5.33. The third-order valence-corrected chi connectivity index (χ3v) is 2.14. The van der Waals surface area contributed by atoms with Gasteiger partial charge in [0.2, 0.25) is 0 Å². The summed E-state index contributed by atoms with van der Waals surface area (Å²) in [6.07, 6.45) is -0.0625. The molecule has 0 spiro atoms. The Balaban J connectivity index is 0. The van der Waals surface area contributed by atoms with Gasteiger partial charge in [0.05, 0.1) is 0 Å². The second kappa shape index (κ2) is 7.61. The molecule has 0 radical (unpaired) electrons. The molecule has 0 rings (SSSR count). The van der Waals surface area contributed by atoms with Crippen molar-refractivity contribution in [3.63, 3.8) is 0 Å². The first-order valence-electron chi connectivity index (χ1n) is 3.34. The van der Waals surface area contributed by atoms with E-state index in [4.69, 9.17) is 20.9 Å². The minimum atomic E-state index is -3.65. The van der Waals surface area contributed by atoms with Crippen LogP contribution in [-0.4, -0.2) is 26.9 Å². The lowest BCUT2D eigenvalue weighted by Gasteiger charge is -1.92. The second-order valence-electron chi connectivity index (χ2n) is 1.78. The maximum Gasteiger partial charge on any atom is 0.325 e. The van der Waals surface area contributed by atoms with E-state index in [1.807, 2.05) is 6.92 Å². The van der Waals surface area contributed by atoms with Crippen LogP contribution in [0.4, 0.5) is 0 Å². The van der Waals surface area contributed by atoms with Gasteiger partial charge in [-0.2, -0.15) is 0 Å². The highest BCUT2D eigenvalue weighted by atomic mass is 32.2. The van der Waals surface area contributed by atoms with Gasteiger partial charge < -0.3 is 15.5 Å². The topological polar surface area (TPSA) is 107 Å². The highest BCUT2D eigenvalue weighted by molar-refractivity contribution is 8.13. The summed E-state index contributed by atoms with van der Waals surface area (Å²) in [5.74, 6) is 0.898. The van der Waals surface area contributed by atoms with Gasteiger partial charge in [-0.3, -0.25) is 9.97 Å². The summed E-state index contributed by atoms with van der Waals surface area (Å²) in [5.41, 5.74) is 4.95. The number of hydrogen-bond donors (Lipinski definition) is 4. The molecule has 7 heteroatoms. The molecule has 0 amide bonds. The van der Waals surface area contributed by atoms with Crippen molar-refractivity contribution >= 4 is 24.5 Å². The van der Waals surface area contributed by atoms with Crippen LogP contribution in [0.25, 0.3) is 0 Å². The standard InChI is InChI=1S/C3H8N2S.C2H7O3P/c1-2-6-3(4)5;1-2-6(3,4)5/h2H2,1H3,(H3,4,5);2H2,1H3,(H2,3,4,5). The lowest BCUT2D eigenvalue weighted by Crippen LogP contribution is -2.02. The average Bonchev–Trinajstić information content (AvgIpc) is 1.87. The number of thioether (sulfide) groups is 1. The van der Waals surface area contributed by atoms with Crippen molar-refractivity contribution in [3.8, 4) is 0 Å². The third kappa shape index (κ3) is 22.5. The molecule has 0 heterocycles. The molecule has 0 fully saturated rings. The van der Waals surface area contributed by atoms with Crippen molar-refractivity contribution < 1.29 is 14.4 Å². The van der Waals surface area contributed by atoms with Gasteiger partial charge in [-0.1, -0.05) is 25.6 Å². The molecule has 12 heavy (non-hydrogen) atoms. The Kier molecular flexibility index (Phi) is 9.19. The Morgan fingerprint density at radius 3 is 1.92 bits per heavy atom. The molecule has 0 aliphatic carbocycles. The monoisotopic (exact) mass is 214 g/mol. The van der Waals surface area contributed by atoms with Crippen molar-refractivity contribution in [1.82, 2.24) is 0 Å². The van der Waals surface area contributed by atoms with E-state index in [-0.39, 0.29) is 11.3 Å². The molecule has 0 aromatic carbocycles. The normalized spacial score (nSPS) is 10.0. The molecular formula is C5H15N2O3PS. The van der Waals surface area contributed by atoms with Crippen LogP contribution in [0.15, 0.2) is 0 Å². The summed E-state index contributed by atoms with van der Waals surface area (Å²) < 4.78 is 9.69. The second-order valence-corrected chi connectivity index (χ2v) is 5.05. The fourth-order valence-electron chi connectivity index (χ4n) is 0.156. The van der Waals surface area contributed by atoms with Gasteiger partial charge in [0.15, 0.2) is 5.17 Å². The Bertz CT molecular complexity index is 170. The van der Waals surface area contributed by atoms with Gasteiger partial charge in [-0.05, 0) is 5.75 Å². The Hall–Kier alpha value is -0.0300. The van der Waals surface area contributed by atoms with E-state index in [1.165, 1.54) is 18.7 Å². The number of nitrogens with two attached hydrogens (primary N) is 1. The summed E-state index contributed by atoms with van der Waals surface area (Å²) in [6, 6.07) is 0. The highest BCUT2D eigenvalue weighted by Gasteiger charge is 2.05. The fraction of sp³-hybridized carbons (Fsp3) is 0.800. The molecule has 0 aromatic rings. The van der Waals surface area contributed by atoms with Crippen LogP contribution in [0.5, 0.6) is 0 Å². The SMILES string of the molecule is CCP(=O)(O)O.CCSC(=N)N. The van der Waals surface area contributed by atoms with Crippen molar-refractivity contribution in [3.05, 3.63) is 0 Å². The zero-order valence-corrected chi connectivity index (χ0v) is 8.86. The molecule has 0 bridgehead atoms. The van der Waals surface area contributed by atoms with Crippen LogP contribution in [-0.2, 0) is 4.57 Å². The van der Waals surface area contributed by atoms with E-state index in [2.05, 4.69) is 0 Å². The summed E-state index contributed by atoms with van der Waals surface area (Å²) in [7, 11) is -3.65. The maximum absolute atomic E-state index is 9.69. The summed E-state index contributed by atoms with van der Waals surface area (Å²) in [6.45, 7) is 3.41. The van der Waals surface area contributed by atoms with Gasteiger partial charge in [0.25, 0.3) is 0 Å². The van der Waals surface area contributed by atoms with Crippen molar-refractivity contribution in [1.29, 1.82) is 5.41 Å². The quantitative estimate of drug-likeness (QED) is 0.309. The molecule has 0 aliphatic rings. The average molecular weight is 214 g/mol. The van der Waals surface area contributed by atoms with Gasteiger partial charge >= 0.3 is 7.60 Å². The van der Waals surface area contributed by atoms with E-state index in [0.29, 0.717) is 0 Å². The summed E-state index contributed by atoms with van der Waals surface area (Å²) in [5, 5.41) is 6.84. The minimum absolute atomic E-state index is 0.0625. The van der Waals surface area contributed by atoms with Crippen LogP contribution >= 0.6 is 19.4 Å². The van der Waals surface area contributed by atoms with E-state index in [9.17, 15) is 4.57 Å². The van der Waals surface area contributed by atoms with Crippen molar-refractivity contribution in [2.75, 3.05) is 11.9 Å². The number of hydrogen-bond acceptors (Lipinski definition) is 3. The van der Waals surface area contributed by atoms with Crippen LogP contribution in [0, 0.1) is 5.41 Å². The first-order valence-corrected chi connectivity index (χ1v) is 6.13. The number of amidine groups is 1. The predicted molar refractivity (Wildman–Crippen MR) is 52.6 cm³/mol. The lowest BCUT2D eigenvalue weighted by atomic mass is 11.0. The van der Waals surface area contributed by atoms with E-state index >= 15 is 0 Å². The van der Waals surface area contributed by atoms with Crippen LogP contribution in [0.2, 0.25) is 0 Å². The van der Waals surface area contributed by atoms with Crippen LogP contribution in [0.1, 0.15) is 13.8 Å². The zero-order valence-electron chi connectivity index (χ0n) is 7.15. The molecule has 0 saturated heterocycles. The van der Waals surface area contributed by atoms with Gasteiger partial charge in [-0.15, -0.1) is 0 Å². The molecule has 0 saturated carbocycles. The molecule has 0 unspecified atom stereocenters. The van der Waals surface area contributed by atoms with Crippen LogP contribution in [0.3, 0.4) is 0 Å². The molecule has 74 valence electrons. The Labute approximate surface area is 76.4 Å². The maximum atomic E-state index is 9.69. The number of nitrogens with one attached hydrogen (secondary N) is 1. The Morgan fingerprint density at radius 1 is 1.58 bits per heavy atom. The minimum Gasteiger partial charge on any atom is -0.379 e. The third-order valence-electron chi connectivity index (χ3n) is 0.712. The van der Waals surface area contributed by atoms with Gasteiger partial charge in [0, 0.05) is 6.16 Å². The molecule has 0 aromatic heterocycles. The van der Waals surface area contributed by atoms with E-state index in [0.717, 1.165) is 5.75 Å². The largest absolute Gasteiger partial charge is 0.379 e. The zero-order chi connectivity index (χ0) is 10.2. The predicted octanol–water partition coefficient (Wildman–Crippen LogP) is 0.817. The van der Waals surface area contributed by atoms with E-state index < -0.39 is 7.60 Å². The Morgan fingerprint density at radius 2 is 1.92 bits per heavy atom. The van der Waals surface area contributed by atoms with Crippen molar-refractivity contribution in [2.45, 2.75) is 13.8 Å². The molecular weight excluding hydrogens is 199 g/mol.